The highest BCUT2D eigenvalue weighted by molar-refractivity contribution is 6.30. The smallest absolute Gasteiger partial charge is 0.412 e. The van der Waals surface area contributed by atoms with Gasteiger partial charge in [0.2, 0.25) is 0 Å². The van der Waals surface area contributed by atoms with Crippen molar-refractivity contribution in [2.45, 2.75) is 51.2 Å². The van der Waals surface area contributed by atoms with Crippen molar-refractivity contribution in [3.05, 3.63) is 28.8 Å². The van der Waals surface area contributed by atoms with E-state index >= 15 is 0 Å². The van der Waals surface area contributed by atoms with Crippen LogP contribution in [-0.2, 0) is 11.2 Å². The van der Waals surface area contributed by atoms with E-state index in [2.05, 4.69) is 10.6 Å². The Balaban J connectivity index is 2.15. The average Bonchev–Trinajstić information content (AvgIpc) is 2.40. The Bertz CT molecular complexity index is 563. The first-order valence-electron chi connectivity index (χ1n) is 7.88. The maximum Gasteiger partial charge on any atom is 0.412 e. The number of benzene rings is 1. The molecular formula is C17H25ClN2O3. The van der Waals surface area contributed by atoms with E-state index in [4.69, 9.17) is 16.3 Å². The molecule has 1 aliphatic heterocycles. The Morgan fingerprint density at radius 2 is 2.04 bits per heavy atom. The molecule has 2 rings (SSSR count). The first kappa shape index (κ1) is 18.0. The summed E-state index contributed by atoms with van der Waals surface area (Å²) >= 11 is 6.08. The molecule has 0 aromatic heterocycles. The number of ether oxygens (including phenoxy) is 1. The van der Waals surface area contributed by atoms with Gasteiger partial charge in [-0.15, -0.1) is 0 Å². The van der Waals surface area contributed by atoms with Crippen molar-refractivity contribution in [3.8, 4) is 0 Å². The Labute approximate surface area is 142 Å². The zero-order chi connectivity index (χ0) is 17.1. The predicted octanol–water partition coefficient (Wildman–Crippen LogP) is 3.34. The lowest BCUT2D eigenvalue weighted by molar-refractivity contribution is 0.0109. The molecule has 0 unspecified atom stereocenters. The lowest BCUT2D eigenvalue weighted by Gasteiger charge is -2.33. The number of rotatable bonds is 3. The van der Waals surface area contributed by atoms with Gasteiger partial charge >= 0.3 is 6.09 Å². The van der Waals surface area contributed by atoms with Gasteiger partial charge in [0, 0.05) is 17.1 Å². The van der Waals surface area contributed by atoms with Crippen LogP contribution in [0.3, 0.4) is 0 Å². The number of aliphatic hydroxyl groups is 1. The van der Waals surface area contributed by atoms with E-state index in [0.717, 1.165) is 18.7 Å². The topological polar surface area (TPSA) is 70.6 Å². The van der Waals surface area contributed by atoms with E-state index in [9.17, 15) is 9.90 Å². The molecule has 128 valence electrons. The van der Waals surface area contributed by atoms with Gasteiger partial charge in [-0.3, -0.25) is 5.32 Å². The lowest BCUT2D eigenvalue weighted by Crippen LogP contribution is -2.43. The summed E-state index contributed by atoms with van der Waals surface area (Å²) in [6, 6.07) is 5.24. The summed E-state index contributed by atoms with van der Waals surface area (Å²) in [5.74, 6) is 0. The van der Waals surface area contributed by atoms with Crippen LogP contribution in [0.15, 0.2) is 18.2 Å². The van der Waals surface area contributed by atoms with Crippen LogP contribution < -0.4 is 10.6 Å². The molecule has 5 nitrogen and oxygen atoms in total. The second kappa shape index (κ2) is 7.07. The van der Waals surface area contributed by atoms with E-state index in [1.807, 2.05) is 20.8 Å². The van der Waals surface area contributed by atoms with Crippen molar-refractivity contribution in [1.29, 1.82) is 0 Å². The highest BCUT2D eigenvalue weighted by atomic mass is 35.5. The average molecular weight is 341 g/mol. The third-order valence-electron chi connectivity index (χ3n) is 3.76. The second-order valence-electron chi connectivity index (χ2n) is 7.08. The standard InChI is InChI=1S/C17H25ClN2O3/c1-16(2,3)23-15(21)20-14-5-4-13(18)10-12(14)11-17(22)6-8-19-9-7-17/h4-5,10,19,22H,6-9,11H2,1-3H3,(H,20,21). The molecule has 1 aromatic rings. The van der Waals surface area contributed by atoms with E-state index in [1.54, 1.807) is 18.2 Å². The van der Waals surface area contributed by atoms with Crippen molar-refractivity contribution in [3.63, 3.8) is 0 Å². The number of carbonyl (C=O) groups excluding carboxylic acids is 1. The highest BCUT2D eigenvalue weighted by Gasteiger charge is 2.30. The Hall–Kier alpha value is -1.30. The third kappa shape index (κ3) is 5.68. The zero-order valence-electron chi connectivity index (χ0n) is 13.9. The Morgan fingerprint density at radius 1 is 1.39 bits per heavy atom. The molecule has 6 heteroatoms. The van der Waals surface area contributed by atoms with Crippen LogP contribution in [0.4, 0.5) is 10.5 Å². The molecule has 1 saturated heterocycles. The van der Waals surface area contributed by atoms with Crippen molar-refractivity contribution in [2.75, 3.05) is 18.4 Å². The first-order chi connectivity index (χ1) is 10.7. The molecule has 0 atom stereocenters. The summed E-state index contributed by atoms with van der Waals surface area (Å²) in [6.45, 7) is 7.01. The van der Waals surface area contributed by atoms with Crippen LogP contribution in [0.5, 0.6) is 0 Å². The molecule has 1 amide bonds. The molecule has 3 N–H and O–H groups in total. The van der Waals surface area contributed by atoms with E-state index in [1.165, 1.54) is 0 Å². The summed E-state index contributed by atoms with van der Waals surface area (Å²) < 4.78 is 5.29. The third-order valence-corrected chi connectivity index (χ3v) is 3.99. The number of hydrogen-bond donors (Lipinski definition) is 3. The molecule has 1 aliphatic rings. The quantitative estimate of drug-likeness (QED) is 0.789. The van der Waals surface area contributed by atoms with Crippen LogP contribution in [0, 0.1) is 0 Å². The minimum atomic E-state index is -0.777. The summed E-state index contributed by atoms with van der Waals surface area (Å²) in [5, 5.41) is 17.3. The molecule has 0 bridgehead atoms. The summed E-state index contributed by atoms with van der Waals surface area (Å²) in [7, 11) is 0. The number of amides is 1. The number of piperidine rings is 1. The van der Waals surface area contributed by atoms with Gasteiger partial charge in [-0.1, -0.05) is 11.6 Å². The molecule has 1 aromatic carbocycles. The van der Waals surface area contributed by atoms with Crippen LogP contribution >= 0.6 is 11.6 Å². The predicted molar refractivity (Wildman–Crippen MR) is 92.1 cm³/mol. The maximum atomic E-state index is 12.0. The minimum absolute atomic E-state index is 0.445. The number of anilines is 1. The van der Waals surface area contributed by atoms with Crippen molar-refractivity contribution >= 4 is 23.4 Å². The van der Waals surface area contributed by atoms with Gasteiger partial charge in [-0.25, -0.2) is 4.79 Å². The van der Waals surface area contributed by atoms with Gasteiger partial charge in [-0.2, -0.15) is 0 Å². The van der Waals surface area contributed by atoms with Crippen molar-refractivity contribution in [1.82, 2.24) is 5.32 Å². The molecule has 1 fully saturated rings. The maximum absolute atomic E-state index is 12.0. The number of nitrogens with one attached hydrogen (secondary N) is 2. The molecule has 23 heavy (non-hydrogen) atoms. The molecule has 0 aliphatic carbocycles. The highest BCUT2D eigenvalue weighted by Crippen LogP contribution is 2.29. The van der Waals surface area contributed by atoms with Crippen LogP contribution in [-0.4, -0.2) is 35.5 Å². The van der Waals surface area contributed by atoms with Crippen molar-refractivity contribution < 1.29 is 14.6 Å². The van der Waals surface area contributed by atoms with Crippen LogP contribution in [0.1, 0.15) is 39.2 Å². The molecule has 0 spiro atoms. The molecule has 0 radical (unpaired) electrons. The minimum Gasteiger partial charge on any atom is -0.444 e. The van der Waals surface area contributed by atoms with E-state index in [-0.39, 0.29) is 0 Å². The van der Waals surface area contributed by atoms with Crippen molar-refractivity contribution in [2.24, 2.45) is 0 Å². The molecular weight excluding hydrogens is 316 g/mol. The van der Waals surface area contributed by atoms with Gasteiger partial charge in [0.1, 0.15) is 5.60 Å². The Kier molecular flexibility index (Phi) is 5.55. The number of carbonyl (C=O) groups is 1. The lowest BCUT2D eigenvalue weighted by atomic mass is 9.85. The monoisotopic (exact) mass is 340 g/mol. The fourth-order valence-corrected chi connectivity index (χ4v) is 2.86. The second-order valence-corrected chi connectivity index (χ2v) is 7.52. The SMILES string of the molecule is CC(C)(C)OC(=O)Nc1ccc(Cl)cc1CC1(O)CCNCC1. The molecule has 1 heterocycles. The van der Waals surface area contributed by atoms with Gasteiger partial charge in [0.15, 0.2) is 0 Å². The van der Waals surface area contributed by atoms with E-state index in [0.29, 0.717) is 30.0 Å². The first-order valence-corrected chi connectivity index (χ1v) is 8.26. The Morgan fingerprint density at radius 3 is 2.65 bits per heavy atom. The van der Waals surface area contributed by atoms with Crippen LogP contribution in [0.25, 0.3) is 0 Å². The van der Waals surface area contributed by atoms with Gasteiger partial charge in [0.25, 0.3) is 0 Å². The zero-order valence-corrected chi connectivity index (χ0v) is 14.7. The van der Waals surface area contributed by atoms with E-state index < -0.39 is 17.3 Å². The fourth-order valence-electron chi connectivity index (χ4n) is 2.67. The number of hydrogen-bond acceptors (Lipinski definition) is 4. The summed E-state index contributed by atoms with van der Waals surface area (Å²) in [6.07, 6.45) is 1.27. The normalized spacial score (nSPS) is 17.6. The van der Waals surface area contributed by atoms with Gasteiger partial charge in [-0.05, 0) is 70.5 Å². The van der Waals surface area contributed by atoms with Crippen LogP contribution in [0.2, 0.25) is 5.02 Å². The largest absolute Gasteiger partial charge is 0.444 e. The fraction of sp³-hybridized carbons (Fsp3) is 0.588. The summed E-state index contributed by atoms with van der Waals surface area (Å²) in [5.41, 5.74) is 0.0906. The number of halogens is 1. The molecule has 0 saturated carbocycles. The van der Waals surface area contributed by atoms with Gasteiger partial charge < -0.3 is 15.2 Å². The summed E-state index contributed by atoms with van der Waals surface area (Å²) in [4.78, 5) is 12.0. The van der Waals surface area contributed by atoms with Gasteiger partial charge in [0.05, 0.1) is 5.60 Å².